The van der Waals surface area contributed by atoms with Gasteiger partial charge in [-0.05, 0) is 55.6 Å². The minimum Gasteiger partial charge on any atom is -0.490 e. The molecule has 1 N–H and O–H groups in total. The number of rotatable bonds is 7. The van der Waals surface area contributed by atoms with Crippen LogP contribution in [0.4, 0.5) is 11.4 Å². The summed E-state index contributed by atoms with van der Waals surface area (Å²) in [4.78, 5) is 10.9. The van der Waals surface area contributed by atoms with Crippen LogP contribution in [0, 0.1) is 27.9 Å². The number of para-hydroxylation sites is 1. The molecule has 0 heterocycles. The highest BCUT2D eigenvalue weighted by Crippen LogP contribution is 2.49. The van der Waals surface area contributed by atoms with E-state index in [4.69, 9.17) is 4.74 Å². The first-order valence-corrected chi connectivity index (χ1v) is 7.26. The fourth-order valence-corrected chi connectivity index (χ4v) is 3.01. The van der Waals surface area contributed by atoms with Gasteiger partial charge in [-0.15, -0.1) is 0 Å². The molecule has 0 aromatic heterocycles. The van der Waals surface area contributed by atoms with E-state index < -0.39 is 0 Å². The quantitative estimate of drug-likeness (QED) is 0.612. The average Bonchev–Trinajstić information content (AvgIpc) is 3.31. The van der Waals surface area contributed by atoms with Crippen molar-refractivity contribution in [1.29, 1.82) is 0 Å². The van der Waals surface area contributed by atoms with Crippen molar-refractivity contribution in [2.75, 3.05) is 19.0 Å². The molecule has 2 aliphatic carbocycles. The number of ether oxygens (including phenoxy) is 1. The van der Waals surface area contributed by atoms with Gasteiger partial charge in [-0.3, -0.25) is 10.1 Å². The van der Waals surface area contributed by atoms with Gasteiger partial charge in [0.1, 0.15) is 5.69 Å². The molecule has 5 nitrogen and oxygen atoms in total. The predicted molar refractivity (Wildman–Crippen MR) is 77.1 cm³/mol. The van der Waals surface area contributed by atoms with Crippen LogP contribution in [0.3, 0.4) is 0 Å². The summed E-state index contributed by atoms with van der Waals surface area (Å²) in [5.41, 5.74) is 0.612. The van der Waals surface area contributed by atoms with Crippen LogP contribution in [0.2, 0.25) is 0 Å². The van der Waals surface area contributed by atoms with E-state index in [1.165, 1.54) is 32.8 Å². The molecule has 2 saturated carbocycles. The third kappa shape index (κ3) is 2.71. The van der Waals surface area contributed by atoms with Crippen LogP contribution in [-0.2, 0) is 0 Å². The summed E-state index contributed by atoms with van der Waals surface area (Å²) in [6.45, 7) is 0.837. The molecule has 0 radical (unpaired) electrons. The molecular formula is C15H20N2O3. The first kappa shape index (κ1) is 13.2. The minimum absolute atomic E-state index is 0.0420. The lowest BCUT2D eigenvalue weighted by Crippen LogP contribution is -2.18. The number of nitro groups is 1. The van der Waals surface area contributed by atoms with Gasteiger partial charge in [0.05, 0.1) is 12.0 Å². The Hall–Kier alpha value is -1.78. The molecule has 0 unspecified atom stereocenters. The summed E-state index contributed by atoms with van der Waals surface area (Å²) in [6.07, 6.45) is 5.29. The minimum atomic E-state index is -0.371. The van der Waals surface area contributed by atoms with Gasteiger partial charge in [0, 0.05) is 6.54 Å². The average molecular weight is 276 g/mol. The van der Waals surface area contributed by atoms with E-state index in [1.54, 1.807) is 18.2 Å². The Bertz CT molecular complexity index is 498. The van der Waals surface area contributed by atoms with Gasteiger partial charge in [0.25, 0.3) is 0 Å². The van der Waals surface area contributed by atoms with Crippen molar-refractivity contribution >= 4 is 11.4 Å². The fourth-order valence-electron chi connectivity index (χ4n) is 3.01. The zero-order valence-electron chi connectivity index (χ0n) is 11.7. The molecule has 0 aliphatic heterocycles. The Morgan fingerprint density at radius 3 is 2.50 bits per heavy atom. The highest BCUT2D eigenvalue weighted by molar-refractivity contribution is 5.68. The second kappa shape index (κ2) is 5.31. The fraction of sp³-hybridized carbons (Fsp3) is 0.600. The van der Waals surface area contributed by atoms with Crippen molar-refractivity contribution in [2.45, 2.75) is 25.7 Å². The molecule has 1 aromatic rings. The number of nitrogens with one attached hydrogen (secondary N) is 1. The van der Waals surface area contributed by atoms with Crippen molar-refractivity contribution in [2.24, 2.45) is 17.8 Å². The van der Waals surface area contributed by atoms with Crippen LogP contribution in [0.15, 0.2) is 18.2 Å². The van der Waals surface area contributed by atoms with Gasteiger partial charge < -0.3 is 10.1 Å². The Kier molecular flexibility index (Phi) is 3.51. The molecule has 20 heavy (non-hydrogen) atoms. The third-order valence-electron chi connectivity index (χ3n) is 4.38. The molecule has 0 amide bonds. The molecule has 0 saturated heterocycles. The monoisotopic (exact) mass is 276 g/mol. The summed E-state index contributed by atoms with van der Waals surface area (Å²) < 4.78 is 5.09. The molecule has 2 fully saturated rings. The number of hydrogen-bond donors (Lipinski definition) is 1. The number of hydrogen-bond acceptors (Lipinski definition) is 4. The van der Waals surface area contributed by atoms with Gasteiger partial charge in [0.15, 0.2) is 5.75 Å². The van der Waals surface area contributed by atoms with Gasteiger partial charge in [0.2, 0.25) is 0 Å². The van der Waals surface area contributed by atoms with E-state index in [2.05, 4.69) is 5.32 Å². The maximum Gasteiger partial charge on any atom is 0.333 e. The molecule has 0 bridgehead atoms. The van der Waals surface area contributed by atoms with E-state index in [0.29, 0.717) is 17.4 Å². The first-order valence-electron chi connectivity index (χ1n) is 7.26. The number of benzene rings is 1. The van der Waals surface area contributed by atoms with E-state index >= 15 is 0 Å². The van der Waals surface area contributed by atoms with Crippen molar-refractivity contribution in [1.82, 2.24) is 0 Å². The number of nitrogens with zero attached hydrogens (tertiary/aromatic N) is 1. The van der Waals surface area contributed by atoms with E-state index in [0.717, 1.165) is 18.4 Å². The van der Waals surface area contributed by atoms with Crippen molar-refractivity contribution in [3.8, 4) is 5.75 Å². The largest absolute Gasteiger partial charge is 0.490 e. The van der Waals surface area contributed by atoms with Crippen molar-refractivity contribution in [3.05, 3.63) is 28.3 Å². The maximum absolute atomic E-state index is 11.2. The Balaban J connectivity index is 1.74. The molecule has 2 aliphatic rings. The normalized spacial score (nSPS) is 18.1. The smallest absolute Gasteiger partial charge is 0.333 e. The molecular weight excluding hydrogens is 256 g/mol. The predicted octanol–water partition coefficient (Wildman–Crippen LogP) is 3.45. The highest BCUT2D eigenvalue weighted by atomic mass is 16.6. The molecule has 3 rings (SSSR count). The van der Waals surface area contributed by atoms with Gasteiger partial charge in [-0.2, -0.15) is 0 Å². The van der Waals surface area contributed by atoms with Gasteiger partial charge >= 0.3 is 5.69 Å². The lowest BCUT2D eigenvalue weighted by molar-refractivity contribution is -0.384. The lowest BCUT2D eigenvalue weighted by atomic mass is 9.98. The van der Waals surface area contributed by atoms with Gasteiger partial charge in [-0.1, -0.05) is 6.07 Å². The Morgan fingerprint density at radius 2 is 2.00 bits per heavy atom. The topological polar surface area (TPSA) is 64.4 Å². The van der Waals surface area contributed by atoms with E-state index in [9.17, 15) is 10.1 Å². The summed E-state index contributed by atoms with van der Waals surface area (Å²) in [5.74, 6) is 2.66. The second-order valence-electron chi connectivity index (χ2n) is 5.83. The third-order valence-corrected chi connectivity index (χ3v) is 4.38. The molecule has 108 valence electrons. The number of methoxy groups -OCH3 is 1. The SMILES string of the molecule is COc1cccc(NCC(C2CC2)C2CC2)c1[N+](=O)[O-]. The number of nitro benzene ring substituents is 1. The zero-order chi connectivity index (χ0) is 14.1. The van der Waals surface area contributed by atoms with Crippen LogP contribution in [-0.4, -0.2) is 18.6 Å². The maximum atomic E-state index is 11.2. The van der Waals surface area contributed by atoms with Crippen LogP contribution in [0.25, 0.3) is 0 Å². The molecule has 0 atom stereocenters. The van der Waals surface area contributed by atoms with Crippen LogP contribution in [0.5, 0.6) is 5.75 Å². The van der Waals surface area contributed by atoms with E-state index in [1.807, 2.05) is 0 Å². The summed E-state index contributed by atoms with van der Waals surface area (Å²) in [5, 5.41) is 14.5. The lowest BCUT2D eigenvalue weighted by Gasteiger charge is -2.17. The first-order chi connectivity index (χ1) is 9.70. The summed E-state index contributed by atoms with van der Waals surface area (Å²) in [6, 6.07) is 5.18. The molecule has 1 aromatic carbocycles. The van der Waals surface area contributed by atoms with Crippen LogP contribution in [0.1, 0.15) is 25.7 Å². The Labute approximate surface area is 118 Å². The summed E-state index contributed by atoms with van der Waals surface area (Å²) in [7, 11) is 1.46. The Morgan fingerprint density at radius 1 is 1.35 bits per heavy atom. The van der Waals surface area contributed by atoms with Crippen molar-refractivity contribution < 1.29 is 9.66 Å². The summed E-state index contributed by atoms with van der Waals surface area (Å²) >= 11 is 0. The molecule has 5 heteroatoms. The standard InChI is InChI=1S/C15H20N2O3/c1-20-14-4-2-3-13(15(14)17(18)19)16-9-12(10-5-6-10)11-7-8-11/h2-4,10-12,16H,5-9H2,1H3. The second-order valence-corrected chi connectivity index (χ2v) is 5.83. The van der Waals surface area contributed by atoms with Crippen LogP contribution >= 0.6 is 0 Å². The van der Waals surface area contributed by atoms with Crippen LogP contribution < -0.4 is 10.1 Å². The number of anilines is 1. The van der Waals surface area contributed by atoms with Gasteiger partial charge in [-0.25, -0.2) is 0 Å². The zero-order valence-corrected chi connectivity index (χ0v) is 11.7. The molecule has 0 spiro atoms. The van der Waals surface area contributed by atoms with E-state index in [-0.39, 0.29) is 10.6 Å². The highest BCUT2D eigenvalue weighted by Gasteiger charge is 2.41. The van der Waals surface area contributed by atoms with Crippen molar-refractivity contribution in [3.63, 3.8) is 0 Å².